The van der Waals surface area contributed by atoms with Gasteiger partial charge < -0.3 is 19.1 Å². The first-order valence-corrected chi connectivity index (χ1v) is 11.2. The summed E-state index contributed by atoms with van der Waals surface area (Å²) in [6.07, 6.45) is 0.701. The molecule has 0 fully saturated rings. The summed E-state index contributed by atoms with van der Waals surface area (Å²) in [6, 6.07) is 11.0. The molecule has 170 valence electrons. The Morgan fingerprint density at radius 3 is 2.50 bits per heavy atom. The lowest BCUT2D eigenvalue weighted by Crippen LogP contribution is -2.30. The molecule has 0 aliphatic carbocycles. The Bertz CT molecular complexity index is 1080. The van der Waals surface area contributed by atoms with Crippen molar-refractivity contribution in [1.29, 1.82) is 0 Å². The Balaban J connectivity index is 1.54. The summed E-state index contributed by atoms with van der Waals surface area (Å²) in [6.45, 7) is 0.577. The van der Waals surface area contributed by atoms with Gasteiger partial charge >= 0.3 is 0 Å². The number of aromatic amines is 1. The first-order chi connectivity index (χ1) is 15.4. The predicted octanol–water partition coefficient (Wildman–Crippen LogP) is 3.94. The van der Waals surface area contributed by atoms with Gasteiger partial charge in [0, 0.05) is 18.6 Å². The van der Waals surface area contributed by atoms with Gasteiger partial charge in [0.2, 0.25) is 11.1 Å². The van der Waals surface area contributed by atoms with E-state index in [2.05, 4.69) is 15.2 Å². The van der Waals surface area contributed by atoms with Crippen molar-refractivity contribution in [3.63, 3.8) is 0 Å². The zero-order valence-corrected chi connectivity index (χ0v) is 19.9. The average molecular weight is 477 g/mol. The van der Waals surface area contributed by atoms with Gasteiger partial charge in [-0.25, -0.2) is 4.98 Å². The fourth-order valence-electron chi connectivity index (χ4n) is 2.99. The van der Waals surface area contributed by atoms with Crippen molar-refractivity contribution in [2.45, 2.75) is 11.6 Å². The highest BCUT2D eigenvalue weighted by Gasteiger charge is 2.15. The molecule has 0 saturated heterocycles. The van der Waals surface area contributed by atoms with Gasteiger partial charge in [0.15, 0.2) is 17.3 Å². The molecule has 1 amide bonds. The highest BCUT2D eigenvalue weighted by Crippen LogP contribution is 2.31. The molecule has 32 heavy (non-hydrogen) atoms. The van der Waals surface area contributed by atoms with Gasteiger partial charge in [0.25, 0.3) is 0 Å². The Hall–Kier alpha value is -2.91. The van der Waals surface area contributed by atoms with E-state index in [0.29, 0.717) is 51.8 Å². The number of amides is 1. The van der Waals surface area contributed by atoms with Crippen LogP contribution in [0.2, 0.25) is 5.02 Å². The van der Waals surface area contributed by atoms with Crippen LogP contribution >= 0.6 is 23.4 Å². The van der Waals surface area contributed by atoms with Crippen LogP contribution in [-0.2, 0) is 11.2 Å². The fraction of sp³-hybridized carbons (Fsp3) is 0.318. The lowest BCUT2D eigenvalue weighted by Gasteiger charge is -2.17. The maximum atomic E-state index is 12.5. The summed E-state index contributed by atoms with van der Waals surface area (Å²) in [7, 11) is 6.56. The zero-order chi connectivity index (χ0) is 23.1. The van der Waals surface area contributed by atoms with E-state index < -0.39 is 0 Å². The minimum absolute atomic E-state index is 0.0119. The summed E-state index contributed by atoms with van der Waals surface area (Å²) in [4.78, 5) is 18.7. The molecule has 1 heterocycles. The molecular formula is C22H25ClN4O4S. The predicted molar refractivity (Wildman–Crippen MR) is 125 cm³/mol. The maximum Gasteiger partial charge on any atom is 0.232 e. The number of halogens is 1. The van der Waals surface area contributed by atoms with Gasteiger partial charge in [-0.2, -0.15) is 0 Å². The molecule has 3 rings (SSSR count). The Morgan fingerprint density at radius 1 is 1.06 bits per heavy atom. The second-order valence-corrected chi connectivity index (χ2v) is 8.23. The minimum atomic E-state index is -0.0119. The number of hydrogen-bond acceptors (Lipinski definition) is 7. The van der Waals surface area contributed by atoms with Crippen LogP contribution in [0.15, 0.2) is 41.6 Å². The van der Waals surface area contributed by atoms with E-state index in [-0.39, 0.29) is 11.7 Å². The summed E-state index contributed by atoms with van der Waals surface area (Å²) in [5.74, 6) is 2.73. The first kappa shape index (κ1) is 23.7. The largest absolute Gasteiger partial charge is 0.496 e. The van der Waals surface area contributed by atoms with Crippen molar-refractivity contribution >= 4 is 29.3 Å². The molecule has 0 saturated carbocycles. The summed E-state index contributed by atoms with van der Waals surface area (Å²) < 4.78 is 15.9. The van der Waals surface area contributed by atoms with Gasteiger partial charge in [-0.3, -0.25) is 9.89 Å². The van der Waals surface area contributed by atoms with Crippen LogP contribution < -0.4 is 14.2 Å². The van der Waals surface area contributed by atoms with Crippen LogP contribution in [0.1, 0.15) is 5.56 Å². The summed E-state index contributed by atoms with van der Waals surface area (Å²) >= 11 is 7.36. The molecule has 0 spiro atoms. The number of nitrogens with zero attached hydrogens (tertiary/aromatic N) is 3. The number of nitrogens with one attached hydrogen (secondary N) is 1. The van der Waals surface area contributed by atoms with Crippen molar-refractivity contribution < 1.29 is 19.0 Å². The molecule has 10 heteroatoms. The first-order valence-electron chi connectivity index (χ1n) is 9.79. The summed E-state index contributed by atoms with van der Waals surface area (Å²) in [5, 5.41) is 8.11. The average Bonchev–Trinajstić information content (AvgIpc) is 3.29. The quantitative estimate of drug-likeness (QED) is 0.443. The monoisotopic (exact) mass is 476 g/mol. The van der Waals surface area contributed by atoms with Gasteiger partial charge in [0.1, 0.15) is 5.75 Å². The lowest BCUT2D eigenvalue weighted by molar-refractivity contribution is -0.127. The van der Waals surface area contributed by atoms with Gasteiger partial charge in [0.05, 0.1) is 32.6 Å². The molecular weight excluding hydrogens is 452 g/mol. The number of likely N-dealkylation sites (N-methyl/N-ethyl adjacent to an activating group) is 1. The highest BCUT2D eigenvalue weighted by atomic mass is 35.5. The van der Waals surface area contributed by atoms with Crippen LogP contribution in [0.5, 0.6) is 17.2 Å². The van der Waals surface area contributed by atoms with E-state index in [4.69, 9.17) is 25.8 Å². The van der Waals surface area contributed by atoms with E-state index in [1.165, 1.54) is 11.8 Å². The van der Waals surface area contributed by atoms with Gasteiger partial charge in [-0.15, -0.1) is 5.10 Å². The van der Waals surface area contributed by atoms with Crippen LogP contribution in [0.25, 0.3) is 11.4 Å². The van der Waals surface area contributed by atoms with E-state index in [1.54, 1.807) is 51.5 Å². The molecule has 0 aliphatic rings. The van der Waals surface area contributed by atoms with E-state index in [1.807, 2.05) is 18.2 Å². The number of rotatable bonds is 10. The van der Waals surface area contributed by atoms with Crippen LogP contribution in [-0.4, -0.2) is 66.7 Å². The number of methoxy groups -OCH3 is 3. The number of benzene rings is 2. The van der Waals surface area contributed by atoms with Crippen LogP contribution in [0, 0.1) is 0 Å². The number of ether oxygens (including phenoxy) is 3. The number of carbonyl (C=O) groups is 1. The number of thioether (sulfide) groups is 1. The Labute approximate surface area is 196 Å². The minimum Gasteiger partial charge on any atom is -0.496 e. The smallest absolute Gasteiger partial charge is 0.232 e. The van der Waals surface area contributed by atoms with Crippen LogP contribution in [0.3, 0.4) is 0 Å². The molecule has 0 bridgehead atoms. The van der Waals surface area contributed by atoms with Crippen molar-refractivity contribution in [2.75, 3.05) is 40.7 Å². The second kappa shape index (κ2) is 11.1. The molecule has 3 aromatic rings. The number of carbonyl (C=O) groups excluding carboxylic acids is 1. The normalized spacial score (nSPS) is 10.7. The molecule has 2 aromatic carbocycles. The number of H-pyrrole nitrogens is 1. The molecule has 0 radical (unpaired) electrons. The van der Waals surface area contributed by atoms with Crippen LogP contribution in [0.4, 0.5) is 0 Å². The Morgan fingerprint density at radius 2 is 1.78 bits per heavy atom. The third-order valence-corrected chi connectivity index (χ3v) is 5.88. The molecule has 0 aliphatic heterocycles. The Kier molecular flexibility index (Phi) is 8.24. The van der Waals surface area contributed by atoms with Crippen molar-refractivity contribution in [3.8, 4) is 28.6 Å². The maximum absolute atomic E-state index is 12.5. The van der Waals surface area contributed by atoms with E-state index >= 15 is 0 Å². The van der Waals surface area contributed by atoms with Crippen molar-refractivity contribution in [1.82, 2.24) is 20.1 Å². The molecule has 1 N–H and O–H groups in total. The van der Waals surface area contributed by atoms with E-state index in [9.17, 15) is 4.79 Å². The highest BCUT2D eigenvalue weighted by molar-refractivity contribution is 7.99. The summed E-state index contributed by atoms with van der Waals surface area (Å²) in [5.41, 5.74) is 1.77. The third kappa shape index (κ3) is 5.86. The molecule has 1 aromatic heterocycles. The molecule has 0 unspecified atom stereocenters. The molecule has 0 atom stereocenters. The third-order valence-electron chi connectivity index (χ3n) is 4.82. The van der Waals surface area contributed by atoms with Crippen molar-refractivity contribution in [3.05, 3.63) is 47.0 Å². The topological polar surface area (TPSA) is 89.6 Å². The van der Waals surface area contributed by atoms with E-state index in [0.717, 1.165) is 5.56 Å². The SMILES string of the molecule is COc1ccc(CCN(C)C(=O)CSc2n[nH]c(-c3cc(Cl)ccc3OC)n2)cc1OC. The van der Waals surface area contributed by atoms with Crippen molar-refractivity contribution in [2.24, 2.45) is 0 Å². The molecule has 8 nitrogen and oxygen atoms in total. The second-order valence-electron chi connectivity index (χ2n) is 6.85. The standard InChI is InChI=1S/C22H25ClN4O4S/c1-27(10-9-14-5-7-18(30-3)19(11-14)31-4)20(28)13-32-22-24-21(25-26-22)16-12-15(23)6-8-17(16)29-2/h5-8,11-12H,9-10,13H2,1-4H3,(H,24,25,26). The van der Waals surface area contributed by atoms with Gasteiger partial charge in [-0.1, -0.05) is 29.4 Å². The number of hydrogen-bond donors (Lipinski definition) is 1. The zero-order valence-electron chi connectivity index (χ0n) is 18.3. The van der Waals surface area contributed by atoms with Gasteiger partial charge in [-0.05, 0) is 42.3 Å². The number of aromatic nitrogens is 3. The lowest BCUT2D eigenvalue weighted by atomic mass is 10.1. The fourth-order valence-corrected chi connectivity index (χ4v) is 3.90.